The smallest absolute Gasteiger partial charge is 0.195 e. The number of hydrogen-bond acceptors (Lipinski definition) is 3. The van der Waals surface area contributed by atoms with Crippen LogP contribution >= 0.6 is 0 Å². The number of allylic oxidation sites excluding steroid dienone is 3. The summed E-state index contributed by atoms with van der Waals surface area (Å²) in [6.45, 7) is 4.24. The van der Waals surface area contributed by atoms with Gasteiger partial charge in [0.25, 0.3) is 0 Å². The number of ketones is 1. The van der Waals surface area contributed by atoms with Crippen LogP contribution in [0.2, 0.25) is 0 Å². The van der Waals surface area contributed by atoms with Crippen LogP contribution in [0.25, 0.3) is 0 Å². The van der Waals surface area contributed by atoms with Crippen molar-refractivity contribution in [1.29, 1.82) is 0 Å². The average Bonchev–Trinajstić information content (AvgIpc) is 2.53. The molecule has 1 rings (SSSR count). The molecular formula is C12H18O3V. The van der Waals surface area contributed by atoms with Crippen molar-refractivity contribution < 1.29 is 33.6 Å². The number of Topliss-reactive ketones (excluding diaryl/α,β-unsaturated/α-hetero) is 1. The fourth-order valence-corrected chi connectivity index (χ4v) is 1.80. The van der Waals surface area contributed by atoms with Gasteiger partial charge < -0.3 is 10.2 Å². The summed E-state index contributed by atoms with van der Waals surface area (Å²) in [5, 5.41) is 19.6. The molecule has 0 bridgehead atoms. The molecule has 0 heterocycles. The number of rotatable bonds is 4. The normalized spacial score (nSPS) is 18.7. The van der Waals surface area contributed by atoms with Gasteiger partial charge in [-0.1, -0.05) is 23.8 Å². The van der Waals surface area contributed by atoms with Crippen LogP contribution in [0, 0.1) is 0 Å². The van der Waals surface area contributed by atoms with Crippen molar-refractivity contribution in [2.24, 2.45) is 0 Å². The molecule has 16 heavy (non-hydrogen) atoms. The van der Waals surface area contributed by atoms with Gasteiger partial charge in [0.05, 0.1) is 0 Å². The molecule has 0 aromatic heterocycles. The fourth-order valence-electron chi connectivity index (χ4n) is 1.80. The van der Waals surface area contributed by atoms with E-state index < -0.39 is 17.0 Å². The van der Waals surface area contributed by atoms with E-state index in [2.05, 4.69) is 0 Å². The zero-order chi connectivity index (χ0) is 11.7. The molecule has 1 radical (unpaired) electrons. The van der Waals surface area contributed by atoms with E-state index in [0.29, 0.717) is 0 Å². The first-order valence-corrected chi connectivity index (χ1v) is 5.08. The Morgan fingerprint density at radius 3 is 2.31 bits per heavy atom. The van der Waals surface area contributed by atoms with Gasteiger partial charge in [0.15, 0.2) is 5.78 Å². The molecule has 89 valence electrons. The molecule has 0 spiro atoms. The second kappa shape index (κ2) is 5.32. The third-order valence-electron chi connectivity index (χ3n) is 2.46. The Morgan fingerprint density at radius 1 is 1.38 bits per heavy atom. The van der Waals surface area contributed by atoms with Crippen molar-refractivity contribution in [2.75, 3.05) is 0 Å². The third kappa shape index (κ3) is 3.91. The number of aliphatic hydroxyl groups is 2. The van der Waals surface area contributed by atoms with Crippen LogP contribution in [-0.4, -0.2) is 27.2 Å². The van der Waals surface area contributed by atoms with Crippen molar-refractivity contribution in [2.45, 2.75) is 44.8 Å². The fraction of sp³-hybridized carbons (Fsp3) is 0.583. The van der Waals surface area contributed by atoms with Crippen LogP contribution in [0.15, 0.2) is 23.8 Å². The number of carbonyl (C=O) groups is 1. The van der Waals surface area contributed by atoms with Gasteiger partial charge in [0.1, 0.15) is 11.2 Å². The molecule has 1 atom stereocenters. The molecule has 0 aliphatic heterocycles. The zero-order valence-electron chi connectivity index (χ0n) is 9.90. The Morgan fingerprint density at radius 2 is 1.94 bits per heavy atom. The molecule has 0 fully saturated rings. The van der Waals surface area contributed by atoms with Gasteiger partial charge in [-0.3, -0.25) is 4.79 Å². The topological polar surface area (TPSA) is 57.5 Å². The molecule has 1 unspecified atom stereocenters. The number of hydrogen-bond donors (Lipinski definition) is 2. The SMILES string of the molecule is CC(C)(O)C(=O)C(C)(O)CC1=CC=CC1.[V]. The van der Waals surface area contributed by atoms with Gasteiger partial charge in [-0.05, 0) is 27.2 Å². The van der Waals surface area contributed by atoms with E-state index in [-0.39, 0.29) is 25.0 Å². The monoisotopic (exact) mass is 261 g/mol. The maximum absolute atomic E-state index is 11.7. The van der Waals surface area contributed by atoms with E-state index >= 15 is 0 Å². The first-order valence-electron chi connectivity index (χ1n) is 5.08. The second-order valence-electron chi connectivity index (χ2n) is 4.80. The van der Waals surface area contributed by atoms with Gasteiger partial charge in [-0.15, -0.1) is 0 Å². The molecule has 1 aliphatic rings. The minimum atomic E-state index is -1.49. The molecule has 4 heteroatoms. The largest absolute Gasteiger partial charge is 0.383 e. The molecule has 0 amide bonds. The molecule has 2 N–H and O–H groups in total. The second-order valence-corrected chi connectivity index (χ2v) is 4.80. The summed E-state index contributed by atoms with van der Waals surface area (Å²) in [6.07, 6.45) is 6.82. The standard InChI is InChI=1S/C12H18O3.V/c1-11(2,14)10(13)12(3,15)8-9-6-4-5-7-9;/h4-6,14-15H,7-8H2,1-3H3;. The van der Waals surface area contributed by atoms with Crippen molar-refractivity contribution in [3.63, 3.8) is 0 Å². The molecule has 0 saturated heterocycles. The zero-order valence-corrected chi connectivity index (χ0v) is 11.3. The maximum atomic E-state index is 11.7. The Labute approximate surface area is 108 Å². The maximum Gasteiger partial charge on any atom is 0.195 e. The Hall–Kier alpha value is -0.346. The number of carbonyl (C=O) groups excluding carboxylic acids is 1. The van der Waals surface area contributed by atoms with Crippen LogP contribution in [-0.2, 0) is 23.4 Å². The summed E-state index contributed by atoms with van der Waals surface area (Å²) >= 11 is 0. The van der Waals surface area contributed by atoms with Crippen molar-refractivity contribution >= 4 is 5.78 Å². The summed E-state index contributed by atoms with van der Waals surface area (Å²) in [6, 6.07) is 0. The van der Waals surface area contributed by atoms with E-state index in [1.54, 1.807) is 0 Å². The van der Waals surface area contributed by atoms with E-state index in [9.17, 15) is 15.0 Å². The summed E-state index contributed by atoms with van der Waals surface area (Å²) in [5.74, 6) is -0.539. The van der Waals surface area contributed by atoms with Crippen LogP contribution in [0.5, 0.6) is 0 Å². The van der Waals surface area contributed by atoms with Crippen LogP contribution in [0.4, 0.5) is 0 Å². The van der Waals surface area contributed by atoms with Gasteiger partial charge in [0, 0.05) is 25.0 Å². The molecule has 3 nitrogen and oxygen atoms in total. The first kappa shape index (κ1) is 15.7. The Bertz CT molecular complexity index is 322. The Kier molecular flexibility index (Phi) is 5.21. The predicted molar refractivity (Wildman–Crippen MR) is 58.4 cm³/mol. The van der Waals surface area contributed by atoms with Crippen molar-refractivity contribution in [3.8, 4) is 0 Å². The van der Waals surface area contributed by atoms with Crippen LogP contribution in [0.3, 0.4) is 0 Å². The third-order valence-corrected chi connectivity index (χ3v) is 2.46. The van der Waals surface area contributed by atoms with E-state index in [1.807, 2.05) is 18.2 Å². The molecule has 0 aromatic rings. The summed E-state index contributed by atoms with van der Waals surface area (Å²) in [4.78, 5) is 11.7. The van der Waals surface area contributed by atoms with Gasteiger partial charge >= 0.3 is 0 Å². The van der Waals surface area contributed by atoms with Gasteiger partial charge in [0.2, 0.25) is 0 Å². The van der Waals surface area contributed by atoms with E-state index in [1.165, 1.54) is 20.8 Å². The van der Waals surface area contributed by atoms with Gasteiger partial charge in [-0.2, -0.15) is 0 Å². The average molecular weight is 261 g/mol. The summed E-state index contributed by atoms with van der Waals surface area (Å²) in [7, 11) is 0. The summed E-state index contributed by atoms with van der Waals surface area (Å²) in [5.41, 5.74) is -1.97. The van der Waals surface area contributed by atoms with E-state index in [0.717, 1.165) is 12.0 Å². The van der Waals surface area contributed by atoms with Crippen LogP contribution in [0.1, 0.15) is 33.6 Å². The molecule has 0 saturated carbocycles. The van der Waals surface area contributed by atoms with E-state index in [4.69, 9.17) is 0 Å². The summed E-state index contributed by atoms with van der Waals surface area (Å²) < 4.78 is 0. The molecule has 0 aromatic carbocycles. The van der Waals surface area contributed by atoms with Crippen LogP contribution < -0.4 is 0 Å². The van der Waals surface area contributed by atoms with Crippen molar-refractivity contribution in [3.05, 3.63) is 23.8 Å². The molecular weight excluding hydrogens is 243 g/mol. The minimum absolute atomic E-state index is 0. The predicted octanol–water partition coefficient (Wildman–Crippen LogP) is 1.35. The molecule has 1 aliphatic carbocycles. The minimum Gasteiger partial charge on any atom is -0.383 e. The quantitative estimate of drug-likeness (QED) is 0.803. The first-order chi connectivity index (χ1) is 6.73. The van der Waals surface area contributed by atoms with Gasteiger partial charge in [-0.25, -0.2) is 0 Å². The Balaban J connectivity index is 0.00000225. The van der Waals surface area contributed by atoms with Crippen molar-refractivity contribution in [1.82, 2.24) is 0 Å².